The van der Waals surface area contributed by atoms with Crippen LogP contribution in [0.5, 0.6) is 0 Å². The fraction of sp³-hybridized carbons (Fsp3) is 0.364. The molecular weight excluding hydrogens is 266 g/mol. The van der Waals surface area contributed by atoms with Crippen LogP contribution in [0.2, 0.25) is 5.02 Å². The van der Waals surface area contributed by atoms with Crippen LogP contribution in [0, 0.1) is 5.82 Å². The van der Waals surface area contributed by atoms with Crippen LogP contribution in [-0.4, -0.2) is 25.5 Å². The standard InChI is InChI=1S/C11H14ClFN2O.ClH/c1-7(14-2)6-15-11(16)8-3-4-9(12)10(13)5-8;/h3-5,7,14H,6H2,1-2H3,(H,15,16);1H. The number of rotatable bonds is 4. The third-order valence-corrected chi connectivity index (χ3v) is 2.55. The van der Waals surface area contributed by atoms with Gasteiger partial charge in [-0.3, -0.25) is 4.79 Å². The predicted octanol–water partition coefficient (Wildman–Crippen LogP) is 2.24. The lowest BCUT2D eigenvalue weighted by Crippen LogP contribution is -2.37. The van der Waals surface area contributed by atoms with E-state index in [9.17, 15) is 9.18 Å². The molecule has 0 spiro atoms. The summed E-state index contributed by atoms with van der Waals surface area (Å²) in [6.45, 7) is 2.42. The van der Waals surface area contributed by atoms with Crippen LogP contribution in [0.3, 0.4) is 0 Å². The molecule has 96 valence electrons. The van der Waals surface area contributed by atoms with Crippen LogP contribution in [0.4, 0.5) is 4.39 Å². The number of halogens is 3. The van der Waals surface area contributed by atoms with Gasteiger partial charge in [-0.05, 0) is 32.2 Å². The first-order valence-electron chi connectivity index (χ1n) is 4.95. The molecule has 0 aromatic heterocycles. The topological polar surface area (TPSA) is 41.1 Å². The molecule has 0 aliphatic heterocycles. The molecule has 6 heteroatoms. The van der Waals surface area contributed by atoms with Gasteiger partial charge in [0, 0.05) is 18.2 Å². The molecule has 1 amide bonds. The molecule has 0 saturated heterocycles. The molecular formula is C11H15Cl2FN2O. The summed E-state index contributed by atoms with van der Waals surface area (Å²) in [6.07, 6.45) is 0. The SMILES string of the molecule is CNC(C)CNC(=O)c1ccc(Cl)c(F)c1.Cl. The number of hydrogen-bond donors (Lipinski definition) is 2. The summed E-state index contributed by atoms with van der Waals surface area (Å²) in [7, 11) is 1.80. The fourth-order valence-electron chi connectivity index (χ4n) is 1.09. The Kier molecular flexibility index (Phi) is 7.11. The Morgan fingerprint density at radius 1 is 1.53 bits per heavy atom. The van der Waals surface area contributed by atoms with Gasteiger partial charge in [-0.15, -0.1) is 12.4 Å². The average Bonchev–Trinajstić information content (AvgIpc) is 2.29. The number of benzene rings is 1. The van der Waals surface area contributed by atoms with Crippen molar-refractivity contribution in [2.24, 2.45) is 0 Å². The molecule has 3 nitrogen and oxygen atoms in total. The van der Waals surface area contributed by atoms with Crippen LogP contribution < -0.4 is 10.6 Å². The van der Waals surface area contributed by atoms with Gasteiger partial charge in [-0.2, -0.15) is 0 Å². The van der Waals surface area contributed by atoms with E-state index < -0.39 is 5.82 Å². The average molecular weight is 281 g/mol. The minimum absolute atomic E-state index is 0. The van der Waals surface area contributed by atoms with E-state index in [1.807, 2.05) is 6.92 Å². The smallest absolute Gasteiger partial charge is 0.251 e. The van der Waals surface area contributed by atoms with E-state index in [1.54, 1.807) is 7.05 Å². The summed E-state index contributed by atoms with van der Waals surface area (Å²) in [5.74, 6) is -0.895. The molecule has 1 rings (SSSR count). The first-order valence-corrected chi connectivity index (χ1v) is 5.33. The van der Waals surface area contributed by atoms with E-state index in [2.05, 4.69) is 10.6 Å². The Bertz CT molecular complexity index is 388. The molecule has 1 aromatic carbocycles. The van der Waals surface area contributed by atoms with Crippen molar-refractivity contribution in [2.45, 2.75) is 13.0 Å². The first kappa shape index (κ1) is 16.2. The van der Waals surface area contributed by atoms with E-state index >= 15 is 0 Å². The number of nitrogens with one attached hydrogen (secondary N) is 2. The number of likely N-dealkylation sites (N-methyl/N-ethyl adjacent to an activating group) is 1. The van der Waals surface area contributed by atoms with Crippen LogP contribution in [-0.2, 0) is 0 Å². The van der Waals surface area contributed by atoms with Gasteiger partial charge in [-0.1, -0.05) is 11.6 Å². The van der Waals surface area contributed by atoms with Gasteiger partial charge in [0.1, 0.15) is 5.82 Å². The monoisotopic (exact) mass is 280 g/mol. The minimum atomic E-state index is -0.587. The highest BCUT2D eigenvalue weighted by Crippen LogP contribution is 2.15. The maximum atomic E-state index is 13.1. The highest BCUT2D eigenvalue weighted by atomic mass is 35.5. The van der Waals surface area contributed by atoms with E-state index in [0.717, 1.165) is 6.07 Å². The normalized spacial score (nSPS) is 11.5. The van der Waals surface area contributed by atoms with Gasteiger partial charge in [0.05, 0.1) is 5.02 Å². The zero-order valence-electron chi connectivity index (χ0n) is 9.59. The van der Waals surface area contributed by atoms with E-state index in [0.29, 0.717) is 6.54 Å². The molecule has 0 fully saturated rings. The Labute approximate surface area is 111 Å². The molecule has 1 aromatic rings. The van der Waals surface area contributed by atoms with Crippen LogP contribution >= 0.6 is 24.0 Å². The summed E-state index contributed by atoms with van der Waals surface area (Å²) in [4.78, 5) is 11.6. The number of carbonyl (C=O) groups is 1. The van der Waals surface area contributed by atoms with E-state index in [-0.39, 0.29) is 34.9 Å². The summed E-state index contributed by atoms with van der Waals surface area (Å²) in [6, 6.07) is 4.15. The Hall–Kier alpha value is -0.840. The molecule has 0 heterocycles. The van der Waals surface area contributed by atoms with Crippen molar-refractivity contribution in [3.8, 4) is 0 Å². The van der Waals surface area contributed by atoms with Crippen LogP contribution in [0.15, 0.2) is 18.2 Å². The quantitative estimate of drug-likeness (QED) is 0.888. The van der Waals surface area contributed by atoms with Crippen molar-refractivity contribution in [3.05, 3.63) is 34.6 Å². The van der Waals surface area contributed by atoms with Gasteiger partial charge >= 0.3 is 0 Å². The Balaban J connectivity index is 0.00000256. The van der Waals surface area contributed by atoms with Crippen molar-refractivity contribution in [2.75, 3.05) is 13.6 Å². The Morgan fingerprint density at radius 2 is 2.18 bits per heavy atom. The lowest BCUT2D eigenvalue weighted by Gasteiger charge is -2.11. The molecule has 0 bridgehead atoms. The third-order valence-electron chi connectivity index (χ3n) is 2.24. The predicted molar refractivity (Wildman–Crippen MR) is 69.5 cm³/mol. The molecule has 0 saturated carbocycles. The Morgan fingerprint density at radius 3 is 2.71 bits per heavy atom. The van der Waals surface area contributed by atoms with Crippen molar-refractivity contribution in [1.29, 1.82) is 0 Å². The summed E-state index contributed by atoms with van der Waals surface area (Å²) < 4.78 is 13.1. The van der Waals surface area contributed by atoms with Crippen molar-refractivity contribution in [1.82, 2.24) is 10.6 Å². The number of amides is 1. The van der Waals surface area contributed by atoms with E-state index in [1.165, 1.54) is 12.1 Å². The van der Waals surface area contributed by atoms with Gasteiger partial charge in [-0.25, -0.2) is 4.39 Å². The largest absolute Gasteiger partial charge is 0.350 e. The second-order valence-electron chi connectivity index (χ2n) is 3.53. The van der Waals surface area contributed by atoms with E-state index in [4.69, 9.17) is 11.6 Å². The molecule has 17 heavy (non-hydrogen) atoms. The zero-order chi connectivity index (χ0) is 12.1. The van der Waals surface area contributed by atoms with Crippen molar-refractivity contribution in [3.63, 3.8) is 0 Å². The lowest BCUT2D eigenvalue weighted by molar-refractivity contribution is 0.0950. The second kappa shape index (κ2) is 7.48. The third kappa shape index (κ3) is 4.89. The van der Waals surface area contributed by atoms with Gasteiger partial charge in [0.15, 0.2) is 0 Å². The van der Waals surface area contributed by atoms with Gasteiger partial charge in [0.2, 0.25) is 0 Å². The molecule has 2 N–H and O–H groups in total. The highest BCUT2D eigenvalue weighted by Gasteiger charge is 2.09. The summed E-state index contributed by atoms with van der Waals surface area (Å²) in [5, 5.41) is 5.68. The highest BCUT2D eigenvalue weighted by molar-refractivity contribution is 6.30. The molecule has 0 aliphatic rings. The molecule has 1 atom stereocenters. The minimum Gasteiger partial charge on any atom is -0.350 e. The van der Waals surface area contributed by atoms with Crippen molar-refractivity contribution < 1.29 is 9.18 Å². The van der Waals surface area contributed by atoms with Crippen LogP contribution in [0.1, 0.15) is 17.3 Å². The van der Waals surface area contributed by atoms with Crippen LogP contribution in [0.25, 0.3) is 0 Å². The fourth-order valence-corrected chi connectivity index (χ4v) is 1.20. The maximum absolute atomic E-state index is 13.1. The lowest BCUT2D eigenvalue weighted by atomic mass is 10.2. The van der Waals surface area contributed by atoms with Gasteiger partial charge < -0.3 is 10.6 Å². The molecule has 0 radical (unpaired) electrons. The second-order valence-corrected chi connectivity index (χ2v) is 3.94. The molecule has 0 aliphatic carbocycles. The number of hydrogen-bond acceptors (Lipinski definition) is 2. The summed E-state index contributed by atoms with van der Waals surface area (Å²) >= 11 is 5.52. The summed E-state index contributed by atoms with van der Waals surface area (Å²) in [5.41, 5.74) is 0.269. The van der Waals surface area contributed by atoms with Crippen molar-refractivity contribution >= 4 is 29.9 Å². The van der Waals surface area contributed by atoms with Gasteiger partial charge in [0.25, 0.3) is 5.91 Å². The maximum Gasteiger partial charge on any atom is 0.251 e. The number of carbonyl (C=O) groups excluding carboxylic acids is 1. The first-order chi connectivity index (χ1) is 7.54. The molecule has 1 unspecified atom stereocenters. The zero-order valence-corrected chi connectivity index (χ0v) is 11.2.